The number of methoxy groups -OCH3 is 1. The standard InChI is InChI=1S/C18H23ClN2O5S/c1-12-3-4-13(9-18(12)27(20,23)24)15(22)11-21-7-8-26-16-6-5-14(19)10-17(16)25-2/h3-6,9-10,15,21-22H,7-8,11H2,1-2H3,(H2,20,23,24). The zero-order valence-corrected chi connectivity index (χ0v) is 16.7. The summed E-state index contributed by atoms with van der Waals surface area (Å²) in [4.78, 5) is 0.0113. The highest BCUT2D eigenvalue weighted by atomic mass is 35.5. The molecule has 2 rings (SSSR count). The Balaban J connectivity index is 1.86. The number of ether oxygens (including phenoxy) is 2. The second kappa shape index (κ2) is 9.38. The van der Waals surface area contributed by atoms with Gasteiger partial charge in [0.1, 0.15) is 6.61 Å². The molecule has 0 fully saturated rings. The van der Waals surface area contributed by atoms with Crippen molar-refractivity contribution in [1.82, 2.24) is 5.32 Å². The number of nitrogens with one attached hydrogen (secondary N) is 1. The molecule has 2 aromatic carbocycles. The lowest BCUT2D eigenvalue weighted by molar-refractivity contribution is 0.171. The van der Waals surface area contributed by atoms with Crippen LogP contribution in [0.1, 0.15) is 17.2 Å². The van der Waals surface area contributed by atoms with E-state index in [0.717, 1.165) is 0 Å². The van der Waals surface area contributed by atoms with E-state index in [1.54, 1.807) is 37.3 Å². The predicted molar refractivity (Wildman–Crippen MR) is 104 cm³/mol. The Kier molecular flexibility index (Phi) is 7.46. The maximum Gasteiger partial charge on any atom is 0.238 e. The van der Waals surface area contributed by atoms with Gasteiger partial charge in [-0.2, -0.15) is 0 Å². The quantitative estimate of drug-likeness (QED) is 0.541. The van der Waals surface area contributed by atoms with Gasteiger partial charge in [0.05, 0.1) is 18.1 Å². The molecule has 0 bridgehead atoms. The highest BCUT2D eigenvalue weighted by Crippen LogP contribution is 2.29. The minimum atomic E-state index is -3.83. The number of rotatable bonds is 9. The Labute approximate surface area is 164 Å². The van der Waals surface area contributed by atoms with Crippen LogP contribution in [0.15, 0.2) is 41.3 Å². The molecule has 9 heteroatoms. The lowest BCUT2D eigenvalue weighted by Gasteiger charge is -2.15. The SMILES string of the molecule is COc1cc(Cl)ccc1OCCNCC(O)c1ccc(C)c(S(N)(=O)=O)c1. The summed E-state index contributed by atoms with van der Waals surface area (Å²) in [5, 5.41) is 19.1. The van der Waals surface area contributed by atoms with E-state index in [-0.39, 0.29) is 11.4 Å². The molecule has 0 heterocycles. The van der Waals surface area contributed by atoms with Crippen LogP contribution in [0.25, 0.3) is 0 Å². The third kappa shape index (κ3) is 6.08. The number of aryl methyl sites for hydroxylation is 1. The molecule has 0 radical (unpaired) electrons. The van der Waals surface area contributed by atoms with E-state index >= 15 is 0 Å². The van der Waals surface area contributed by atoms with Gasteiger partial charge in [0, 0.05) is 24.2 Å². The van der Waals surface area contributed by atoms with Crippen LogP contribution in [-0.2, 0) is 10.0 Å². The number of hydrogen-bond acceptors (Lipinski definition) is 6. The molecule has 0 spiro atoms. The first kappa shape index (κ1) is 21.5. The number of sulfonamides is 1. The van der Waals surface area contributed by atoms with Gasteiger partial charge in [-0.05, 0) is 36.2 Å². The fourth-order valence-corrected chi connectivity index (χ4v) is 3.46. The highest BCUT2D eigenvalue weighted by Gasteiger charge is 2.15. The molecule has 4 N–H and O–H groups in total. The monoisotopic (exact) mass is 414 g/mol. The molecule has 148 valence electrons. The van der Waals surface area contributed by atoms with E-state index in [1.807, 2.05) is 0 Å². The largest absolute Gasteiger partial charge is 0.493 e. The minimum Gasteiger partial charge on any atom is -0.493 e. The number of aliphatic hydroxyl groups excluding tert-OH is 1. The van der Waals surface area contributed by atoms with E-state index in [4.69, 9.17) is 26.2 Å². The Hall–Kier alpha value is -1.84. The van der Waals surface area contributed by atoms with Crippen molar-refractivity contribution in [2.24, 2.45) is 5.14 Å². The van der Waals surface area contributed by atoms with Crippen molar-refractivity contribution in [3.8, 4) is 11.5 Å². The Morgan fingerprint density at radius 1 is 1.22 bits per heavy atom. The van der Waals surface area contributed by atoms with Gasteiger partial charge < -0.3 is 19.9 Å². The number of aliphatic hydroxyl groups is 1. The molecule has 0 aliphatic heterocycles. The molecule has 1 atom stereocenters. The fraction of sp³-hybridized carbons (Fsp3) is 0.333. The van der Waals surface area contributed by atoms with Crippen LogP contribution in [0.3, 0.4) is 0 Å². The van der Waals surface area contributed by atoms with E-state index in [2.05, 4.69) is 5.32 Å². The molecular weight excluding hydrogens is 392 g/mol. The summed E-state index contributed by atoms with van der Waals surface area (Å²) in [7, 11) is -2.30. The maximum absolute atomic E-state index is 11.6. The van der Waals surface area contributed by atoms with E-state index in [1.165, 1.54) is 13.2 Å². The average molecular weight is 415 g/mol. The van der Waals surface area contributed by atoms with Crippen LogP contribution in [-0.4, -0.2) is 40.3 Å². The molecular formula is C18H23ClN2O5S. The first-order valence-electron chi connectivity index (χ1n) is 8.21. The first-order chi connectivity index (χ1) is 12.7. The van der Waals surface area contributed by atoms with Crippen molar-refractivity contribution in [1.29, 1.82) is 0 Å². The van der Waals surface area contributed by atoms with Crippen LogP contribution in [0.4, 0.5) is 0 Å². The molecule has 0 saturated heterocycles. The number of benzene rings is 2. The third-order valence-corrected chi connectivity index (χ3v) is 5.19. The van der Waals surface area contributed by atoms with Crippen molar-refractivity contribution in [2.45, 2.75) is 17.9 Å². The number of primary sulfonamides is 1. The minimum absolute atomic E-state index is 0.0113. The molecule has 0 aliphatic rings. The summed E-state index contributed by atoms with van der Waals surface area (Å²) in [5.74, 6) is 1.11. The lowest BCUT2D eigenvalue weighted by atomic mass is 10.1. The zero-order valence-electron chi connectivity index (χ0n) is 15.1. The van der Waals surface area contributed by atoms with Gasteiger partial charge in [-0.1, -0.05) is 23.7 Å². The summed E-state index contributed by atoms with van der Waals surface area (Å²) in [6, 6.07) is 9.77. The Bertz CT molecular complexity index is 889. The van der Waals surface area contributed by atoms with Crippen LogP contribution in [0, 0.1) is 6.92 Å². The van der Waals surface area contributed by atoms with Gasteiger partial charge in [0.25, 0.3) is 0 Å². The van der Waals surface area contributed by atoms with Crippen molar-refractivity contribution >= 4 is 21.6 Å². The maximum atomic E-state index is 11.6. The molecule has 0 amide bonds. The average Bonchev–Trinajstić information content (AvgIpc) is 2.61. The third-order valence-electron chi connectivity index (χ3n) is 3.90. The second-order valence-corrected chi connectivity index (χ2v) is 7.90. The molecule has 27 heavy (non-hydrogen) atoms. The smallest absolute Gasteiger partial charge is 0.238 e. The number of halogens is 1. The Morgan fingerprint density at radius 2 is 1.96 bits per heavy atom. The van der Waals surface area contributed by atoms with Gasteiger partial charge in [-0.25, -0.2) is 13.6 Å². The fourth-order valence-electron chi connectivity index (χ4n) is 2.48. The van der Waals surface area contributed by atoms with Crippen LogP contribution < -0.4 is 19.9 Å². The Morgan fingerprint density at radius 3 is 2.63 bits per heavy atom. The molecule has 0 saturated carbocycles. The normalized spacial score (nSPS) is 12.6. The van der Waals surface area contributed by atoms with Gasteiger partial charge in [0.15, 0.2) is 11.5 Å². The molecule has 2 aromatic rings. The summed E-state index contributed by atoms with van der Waals surface area (Å²) in [6.45, 7) is 2.70. The van der Waals surface area contributed by atoms with Crippen molar-refractivity contribution in [2.75, 3.05) is 26.8 Å². The molecule has 0 aromatic heterocycles. The molecule has 0 aliphatic carbocycles. The van der Waals surface area contributed by atoms with Crippen molar-refractivity contribution < 1.29 is 23.0 Å². The van der Waals surface area contributed by atoms with Crippen molar-refractivity contribution in [3.05, 3.63) is 52.5 Å². The number of nitrogens with two attached hydrogens (primary N) is 1. The van der Waals surface area contributed by atoms with Crippen LogP contribution in [0.2, 0.25) is 5.02 Å². The van der Waals surface area contributed by atoms with E-state index in [9.17, 15) is 13.5 Å². The first-order valence-corrected chi connectivity index (χ1v) is 10.1. The molecule has 1 unspecified atom stereocenters. The summed E-state index contributed by atoms with van der Waals surface area (Å²) in [5.41, 5.74) is 1.00. The van der Waals surface area contributed by atoms with Gasteiger partial charge in [-0.15, -0.1) is 0 Å². The second-order valence-electron chi connectivity index (χ2n) is 5.93. The topological polar surface area (TPSA) is 111 Å². The van der Waals surface area contributed by atoms with E-state index in [0.29, 0.717) is 40.8 Å². The van der Waals surface area contributed by atoms with Gasteiger partial charge >= 0.3 is 0 Å². The van der Waals surface area contributed by atoms with Gasteiger partial charge in [-0.3, -0.25) is 0 Å². The zero-order chi connectivity index (χ0) is 20.0. The number of hydrogen-bond donors (Lipinski definition) is 3. The summed E-state index contributed by atoms with van der Waals surface area (Å²) < 4.78 is 34.0. The van der Waals surface area contributed by atoms with Crippen LogP contribution >= 0.6 is 11.6 Å². The summed E-state index contributed by atoms with van der Waals surface area (Å²) in [6.07, 6.45) is -0.879. The lowest BCUT2D eigenvalue weighted by Crippen LogP contribution is -2.26. The molecule has 7 nitrogen and oxygen atoms in total. The van der Waals surface area contributed by atoms with Crippen molar-refractivity contribution in [3.63, 3.8) is 0 Å². The van der Waals surface area contributed by atoms with E-state index < -0.39 is 16.1 Å². The summed E-state index contributed by atoms with van der Waals surface area (Å²) >= 11 is 5.90. The highest BCUT2D eigenvalue weighted by molar-refractivity contribution is 7.89. The van der Waals surface area contributed by atoms with Gasteiger partial charge in [0.2, 0.25) is 10.0 Å². The predicted octanol–water partition coefficient (Wildman–Crippen LogP) is 2.01. The van der Waals surface area contributed by atoms with Crippen LogP contribution in [0.5, 0.6) is 11.5 Å².